The first-order valence-corrected chi connectivity index (χ1v) is 10.2. The van der Waals surface area contributed by atoms with Gasteiger partial charge in [0.1, 0.15) is 0 Å². The maximum atomic E-state index is 2.50. The van der Waals surface area contributed by atoms with Gasteiger partial charge in [-0.1, -0.05) is 0 Å². The van der Waals surface area contributed by atoms with Gasteiger partial charge in [0.2, 0.25) is 0 Å². The zero-order valence-electron chi connectivity index (χ0n) is 11.2. The molecule has 0 radical (unpaired) electrons. The van der Waals surface area contributed by atoms with Crippen LogP contribution in [0.1, 0.15) is 21.8 Å². The standard InChI is InChI=1S/C9H7.C7H8P.2ClH.Ti/c1-2-5-9-7-3-6-8(9)4-1;1-8-5-6-3-2-4-7(6)8;;;/h1-7H;3H,2,5H2,1H3;2*1H;/q;;;;+2/p-2. The Morgan fingerprint density at radius 3 is 2.80 bits per heavy atom. The molecule has 3 aliphatic rings. The van der Waals surface area contributed by atoms with E-state index >= 15 is 0 Å². The number of fused-ring (bicyclic) bond motifs is 2. The van der Waals surface area contributed by atoms with Crippen LogP contribution in [0.2, 0.25) is 0 Å². The van der Waals surface area contributed by atoms with E-state index in [4.69, 9.17) is 0 Å². The molecule has 0 nitrogen and oxygen atoms in total. The first-order chi connectivity index (χ1) is 8.83. The van der Waals surface area contributed by atoms with Gasteiger partial charge >= 0.3 is 119 Å². The van der Waals surface area contributed by atoms with Crippen molar-refractivity contribution in [2.75, 3.05) is 12.8 Å². The van der Waals surface area contributed by atoms with E-state index in [1.165, 1.54) is 18.1 Å². The molecule has 1 heterocycles. The molecule has 4 rings (SSSR count). The second-order valence-corrected chi connectivity index (χ2v) is 9.75. The summed E-state index contributed by atoms with van der Waals surface area (Å²) in [6.07, 6.45) is 9.96. The van der Waals surface area contributed by atoms with Crippen molar-refractivity contribution in [3.05, 3.63) is 62.3 Å². The molecule has 4 heteroatoms. The average molecular weight is 357 g/mol. The van der Waals surface area contributed by atoms with Crippen molar-refractivity contribution in [2.45, 2.75) is 10.6 Å². The van der Waals surface area contributed by atoms with Crippen LogP contribution in [0, 0.1) is 0 Å². The third-order valence-electron chi connectivity index (χ3n) is 4.06. The van der Waals surface area contributed by atoms with Gasteiger partial charge in [0, 0.05) is 0 Å². The molecule has 0 amide bonds. The number of hydrogen-bond acceptors (Lipinski definition) is 0. The maximum Gasteiger partial charge on any atom is -1.00 e. The van der Waals surface area contributed by atoms with Crippen LogP contribution in [0.3, 0.4) is 0 Å². The molecule has 2 aliphatic carbocycles. The summed E-state index contributed by atoms with van der Waals surface area (Å²) in [5.74, 6) is 0. The third kappa shape index (κ3) is 2.62. The predicted molar refractivity (Wildman–Crippen MR) is 75.7 cm³/mol. The minimum absolute atomic E-state index is 0. The molecular formula is C16H15Cl2PTi. The van der Waals surface area contributed by atoms with Crippen molar-refractivity contribution in [3.8, 4) is 0 Å². The first-order valence-electron chi connectivity index (χ1n) is 6.50. The topological polar surface area (TPSA) is 0 Å². The van der Waals surface area contributed by atoms with Crippen LogP contribution >= 0.6 is 7.92 Å². The molecule has 2 unspecified atom stereocenters. The Labute approximate surface area is 143 Å². The van der Waals surface area contributed by atoms with E-state index in [2.05, 4.69) is 49.2 Å². The molecule has 1 fully saturated rings. The van der Waals surface area contributed by atoms with Gasteiger partial charge in [-0.2, -0.15) is 0 Å². The van der Waals surface area contributed by atoms with Crippen LogP contribution in [-0.2, 0) is 19.2 Å². The summed E-state index contributed by atoms with van der Waals surface area (Å²) in [6, 6.07) is 8.93. The van der Waals surface area contributed by atoms with Crippen LogP contribution in [0.5, 0.6) is 0 Å². The smallest absolute Gasteiger partial charge is 1.00 e. The Kier molecular flexibility index (Phi) is 5.38. The first kappa shape index (κ1) is 16.5. The van der Waals surface area contributed by atoms with E-state index in [1.807, 2.05) is 9.19 Å². The minimum Gasteiger partial charge on any atom is -1.00 e. The van der Waals surface area contributed by atoms with Gasteiger partial charge in [0.15, 0.2) is 0 Å². The molecule has 1 aliphatic heterocycles. The summed E-state index contributed by atoms with van der Waals surface area (Å²) in [5.41, 5.74) is 4.74. The molecule has 0 N–H and O–H groups in total. The summed E-state index contributed by atoms with van der Waals surface area (Å²) in [7, 11) is 0.234. The molecular weight excluding hydrogens is 342 g/mol. The van der Waals surface area contributed by atoms with Crippen molar-refractivity contribution >= 4 is 14.0 Å². The van der Waals surface area contributed by atoms with Crippen molar-refractivity contribution in [2.24, 2.45) is 0 Å². The number of benzene rings is 1. The van der Waals surface area contributed by atoms with Crippen LogP contribution in [0.4, 0.5) is 0 Å². The van der Waals surface area contributed by atoms with Crippen molar-refractivity contribution in [3.63, 3.8) is 0 Å². The van der Waals surface area contributed by atoms with Gasteiger partial charge in [-0.05, 0) is 0 Å². The number of allylic oxidation sites excluding steroid dienone is 5. The second-order valence-electron chi connectivity index (χ2n) is 5.23. The Morgan fingerprint density at radius 1 is 1.20 bits per heavy atom. The van der Waals surface area contributed by atoms with Gasteiger partial charge in [-0.15, -0.1) is 0 Å². The van der Waals surface area contributed by atoms with E-state index < -0.39 is 0 Å². The summed E-state index contributed by atoms with van der Waals surface area (Å²) >= 11 is -0.00806. The fraction of sp³-hybridized carbons (Fsp3) is 0.250. The molecule has 102 valence electrons. The fourth-order valence-corrected chi connectivity index (χ4v) is 8.57. The zero-order valence-corrected chi connectivity index (χ0v) is 15.2. The van der Waals surface area contributed by atoms with Gasteiger partial charge in [-0.3, -0.25) is 0 Å². The monoisotopic (exact) mass is 356 g/mol. The van der Waals surface area contributed by atoms with E-state index in [-0.39, 0.29) is 51.9 Å². The van der Waals surface area contributed by atoms with E-state index in [0.717, 1.165) is 4.22 Å². The molecule has 1 aromatic carbocycles. The molecule has 2 atom stereocenters. The normalized spacial score (nSPS) is 24.8. The predicted octanol–water partition coefficient (Wildman–Crippen LogP) is -1.49. The van der Waals surface area contributed by atoms with Gasteiger partial charge in [-0.25, -0.2) is 0 Å². The fourth-order valence-electron chi connectivity index (χ4n) is 3.16. The summed E-state index contributed by atoms with van der Waals surface area (Å²) in [5, 5.41) is 1.82. The molecule has 0 saturated carbocycles. The Hall–Kier alpha value is 0.164. The molecule has 1 saturated heterocycles. The largest absolute Gasteiger partial charge is 1.00 e. The Balaban J connectivity index is 0.000000735. The summed E-state index contributed by atoms with van der Waals surface area (Å²) in [4.78, 5) is 0. The van der Waals surface area contributed by atoms with Crippen LogP contribution in [0.25, 0.3) is 6.08 Å². The molecule has 20 heavy (non-hydrogen) atoms. The van der Waals surface area contributed by atoms with E-state index in [0.29, 0.717) is 0 Å². The molecule has 0 bridgehead atoms. The number of hydrogen-bond donors (Lipinski definition) is 0. The van der Waals surface area contributed by atoms with Crippen LogP contribution < -0.4 is 24.8 Å². The second kappa shape index (κ2) is 6.51. The molecule has 0 aromatic heterocycles. The maximum absolute atomic E-state index is 2.50. The van der Waals surface area contributed by atoms with Crippen molar-refractivity contribution in [1.29, 1.82) is 0 Å². The summed E-state index contributed by atoms with van der Waals surface area (Å²) in [6.45, 7) is 2.46. The van der Waals surface area contributed by atoms with E-state index in [1.54, 1.807) is 11.1 Å². The SMILES string of the molecule is CP1CC2=CC[C]([Ti+2][CH]3C=Cc4ccccc43)=C21.[Cl-].[Cl-]. The van der Waals surface area contributed by atoms with Crippen LogP contribution in [0.15, 0.2) is 51.2 Å². The molecule has 0 spiro atoms. The van der Waals surface area contributed by atoms with Gasteiger partial charge in [0.05, 0.1) is 0 Å². The van der Waals surface area contributed by atoms with Crippen molar-refractivity contribution in [1.82, 2.24) is 0 Å². The quantitative estimate of drug-likeness (QED) is 0.447. The van der Waals surface area contributed by atoms with Gasteiger partial charge in [0.25, 0.3) is 0 Å². The van der Waals surface area contributed by atoms with Gasteiger partial charge < -0.3 is 24.8 Å². The number of halogens is 2. The van der Waals surface area contributed by atoms with E-state index in [9.17, 15) is 0 Å². The third-order valence-corrected chi connectivity index (χ3v) is 9.05. The Morgan fingerprint density at radius 2 is 2.00 bits per heavy atom. The zero-order chi connectivity index (χ0) is 12.1. The van der Waals surface area contributed by atoms with Crippen LogP contribution in [-0.4, -0.2) is 12.8 Å². The average Bonchev–Trinajstić information content (AvgIpc) is 2.91. The Bertz CT molecular complexity index is 619. The summed E-state index contributed by atoms with van der Waals surface area (Å²) < 4.78 is 2.61. The minimum atomic E-state index is -0.00806. The molecule has 1 aromatic rings. The number of rotatable bonds is 2. The van der Waals surface area contributed by atoms with Crippen molar-refractivity contribution < 1.29 is 44.0 Å².